The lowest BCUT2D eigenvalue weighted by Gasteiger charge is -2.08. The van der Waals surface area contributed by atoms with Crippen LogP contribution in [0.1, 0.15) is 11.1 Å². The quantitative estimate of drug-likeness (QED) is 0.865. The van der Waals surface area contributed by atoms with E-state index in [0.29, 0.717) is 12.3 Å². The monoisotopic (exact) mass is 243 g/mol. The molecule has 2 rings (SSSR count). The summed E-state index contributed by atoms with van der Waals surface area (Å²) in [6, 6.07) is 13.5. The van der Waals surface area contributed by atoms with Crippen LogP contribution in [0.4, 0.5) is 5.69 Å². The van der Waals surface area contributed by atoms with E-state index in [9.17, 15) is 5.11 Å². The highest BCUT2D eigenvalue weighted by molar-refractivity contribution is 5.51. The van der Waals surface area contributed by atoms with Gasteiger partial charge in [-0.1, -0.05) is 18.2 Å². The van der Waals surface area contributed by atoms with Gasteiger partial charge in [0.2, 0.25) is 0 Å². The Morgan fingerprint density at radius 1 is 1.11 bits per heavy atom. The van der Waals surface area contributed by atoms with Gasteiger partial charge in [0.25, 0.3) is 0 Å². The molecule has 94 valence electrons. The highest BCUT2D eigenvalue weighted by Gasteiger charge is 1.99. The van der Waals surface area contributed by atoms with Crippen LogP contribution < -0.4 is 10.1 Å². The molecule has 0 fully saturated rings. The zero-order valence-corrected chi connectivity index (χ0v) is 10.6. The van der Waals surface area contributed by atoms with Crippen molar-refractivity contribution in [3.63, 3.8) is 0 Å². The van der Waals surface area contributed by atoms with E-state index in [2.05, 4.69) is 5.32 Å². The van der Waals surface area contributed by atoms with Crippen LogP contribution in [0.15, 0.2) is 42.5 Å². The molecule has 0 aliphatic heterocycles. The normalized spacial score (nSPS) is 10.1. The lowest BCUT2D eigenvalue weighted by atomic mass is 10.2. The average Bonchev–Trinajstić information content (AvgIpc) is 2.41. The first-order valence-electron chi connectivity index (χ1n) is 5.85. The lowest BCUT2D eigenvalue weighted by molar-refractivity contribution is 0.414. The minimum atomic E-state index is 0.315. The maximum Gasteiger partial charge on any atom is 0.120 e. The van der Waals surface area contributed by atoms with Gasteiger partial charge in [0.15, 0.2) is 0 Å². The zero-order valence-electron chi connectivity index (χ0n) is 10.6. The number of benzene rings is 2. The molecule has 2 N–H and O–H groups in total. The van der Waals surface area contributed by atoms with Crippen molar-refractivity contribution in [1.82, 2.24) is 0 Å². The molecular formula is C15H17NO2. The fourth-order valence-corrected chi connectivity index (χ4v) is 1.67. The van der Waals surface area contributed by atoms with Crippen molar-refractivity contribution in [1.29, 1.82) is 0 Å². The number of rotatable bonds is 4. The van der Waals surface area contributed by atoms with Crippen molar-refractivity contribution in [2.75, 3.05) is 12.4 Å². The number of aromatic hydroxyl groups is 1. The molecule has 0 aromatic heterocycles. The number of phenolic OH excluding ortho intramolecular Hbond substituents is 1. The molecule has 0 spiro atoms. The number of anilines is 1. The van der Waals surface area contributed by atoms with Gasteiger partial charge in [-0.2, -0.15) is 0 Å². The Kier molecular flexibility index (Phi) is 3.72. The van der Waals surface area contributed by atoms with Gasteiger partial charge in [0.1, 0.15) is 11.5 Å². The molecule has 0 aliphatic carbocycles. The molecule has 18 heavy (non-hydrogen) atoms. The minimum Gasteiger partial charge on any atom is -0.508 e. The van der Waals surface area contributed by atoms with Gasteiger partial charge in [-0.15, -0.1) is 0 Å². The molecule has 0 amide bonds. The molecule has 0 aliphatic rings. The number of hydrogen-bond donors (Lipinski definition) is 2. The van der Waals surface area contributed by atoms with E-state index < -0.39 is 0 Å². The van der Waals surface area contributed by atoms with Crippen molar-refractivity contribution in [3.05, 3.63) is 53.6 Å². The van der Waals surface area contributed by atoms with Crippen LogP contribution in [0.3, 0.4) is 0 Å². The van der Waals surface area contributed by atoms with Crippen LogP contribution in [0, 0.1) is 6.92 Å². The highest BCUT2D eigenvalue weighted by Crippen LogP contribution is 2.21. The molecule has 0 bridgehead atoms. The van der Waals surface area contributed by atoms with Gasteiger partial charge in [-0.25, -0.2) is 0 Å². The van der Waals surface area contributed by atoms with E-state index in [4.69, 9.17) is 4.74 Å². The molecule has 2 aromatic rings. The van der Waals surface area contributed by atoms with Gasteiger partial charge in [0, 0.05) is 18.3 Å². The van der Waals surface area contributed by atoms with Crippen LogP contribution in [-0.4, -0.2) is 12.2 Å². The van der Waals surface area contributed by atoms with Crippen LogP contribution in [0.25, 0.3) is 0 Å². The van der Waals surface area contributed by atoms with E-state index in [-0.39, 0.29) is 0 Å². The molecule has 0 saturated carbocycles. The summed E-state index contributed by atoms with van der Waals surface area (Å²) in [5.74, 6) is 1.17. The van der Waals surface area contributed by atoms with Crippen molar-refractivity contribution in [2.24, 2.45) is 0 Å². The maximum absolute atomic E-state index is 9.61. The second-order valence-electron chi connectivity index (χ2n) is 4.20. The molecule has 0 saturated heterocycles. The Labute approximate surface area is 107 Å². The fourth-order valence-electron chi connectivity index (χ4n) is 1.67. The predicted octanol–water partition coefficient (Wildman–Crippen LogP) is 3.32. The number of aryl methyl sites for hydroxylation is 1. The minimum absolute atomic E-state index is 0.315. The van der Waals surface area contributed by atoms with Crippen LogP contribution in [-0.2, 0) is 6.54 Å². The van der Waals surface area contributed by atoms with Gasteiger partial charge in [-0.3, -0.25) is 0 Å². The molecule has 0 unspecified atom stereocenters. The highest BCUT2D eigenvalue weighted by atomic mass is 16.5. The Balaban J connectivity index is 1.99. The van der Waals surface area contributed by atoms with Crippen LogP contribution in [0.5, 0.6) is 11.5 Å². The van der Waals surface area contributed by atoms with Gasteiger partial charge in [-0.05, 0) is 36.2 Å². The molecule has 0 heterocycles. The average molecular weight is 243 g/mol. The fraction of sp³-hybridized carbons (Fsp3) is 0.200. The Morgan fingerprint density at radius 3 is 2.44 bits per heavy atom. The Hall–Kier alpha value is -2.16. The van der Waals surface area contributed by atoms with E-state index in [1.807, 2.05) is 43.3 Å². The third-order valence-electron chi connectivity index (χ3n) is 2.86. The second kappa shape index (κ2) is 5.45. The molecule has 0 radical (unpaired) electrons. The summed E-state index contributed by atoms with van der Waals surface area (Å²) in [6.45, 7) is 2.59. The lowest BCUT2D eigenvalue weighted by Crippen LogP contribution is -1.99. The number of phenols is 1. The molecule has 0 atom stereocenters. The second-order valence-corrected chi connectivity index (χ2v) is 4.20. The van der Waals surface area contributed by atoms with Crippen LogP contribution >= 0.6 is 0 Å². The van der Waals surface area contributed by atoms with Crippen molar-refractivity contribution < 1.29 is 9.84 Å². The zero-order chi connectivity index (χ0) is 13.0. The van der Waals surface area contributed by atoms with Gasteiger partial charge in [0.05, 0.1) is 7.11 Å². The third-order valence-corrected chi connectivity index (χ3v) is 2.86. The summed E-state index contributed by atoms with van der Waals surface area (Å²) in [7, 11) is 1.66. The molecule has 2 aromatic carbocycles. The van der Waals surface area contributed by atoms with E-state index in [1.165, 1.54) is 0 Å². The predicted molar refractivity (Wildman–Crippen MR) is 73.2 cm³/mol. The first-order chi connectivity index (χ1) is 8.69. The topological polar surface area (TPSA) is 41.5 Å². The first-order valence-corrected chi connectivity index (χ1v) is 5.85. The number of ether oxygens (including phenoxy) is 1. The van der Waals surface area contributed by atoms with Crippen molar-refractivity contribution in [3.8, 4) is 11.5 Å². The molecule has 3 heteroatoms. The number of hydrogen-bond acceptors (Lipinski definition) is 3. The summed E-state index contributed by atoms with van der Waals surface area (Å²) in [5.41, 5.74) is 2.95. The molecule has 3 nitrogen and oxygen atoms in total. The summed E-state index contributed by atoms with van der Waals surface area (Å²) < 4.78 is 5.11. The third kappa shape index (κ3) is 2.94. The Bertz CT molecular complexity index is 521. The van der Waals surface area contributed by atoms with Crippen molar-refractivity contribution >= 4 is 5.69 Å². The maximum atomic E-state index is 9.61. The van der Waals surface area contributed by atoms with Crippen molar-refractivity contribution in [2.45, 2.75) is 13.5 Å². The SMILES string of the molecule is COc1ccc(CNc2ccc(C)c(O)c2)cc1. The largest absolute Gasteiger partial charge is 0.508 e. The summed E-state index contributed by atoms with van der Waals surface area (Å²) in [6.07, 6.45) is 0. The summed E-state index contributed by atoms with van der Waals surface area (Å²) >= 11 is 0. The number of methoxy groups -OCH3 is 1. The Morgan fingerprint density at radius 2 is 1.83 bits per heavy atom. The van der Waals surface area contributed by atoms with E-state index >= 15 is 0 Å². The summed E-state index contributed by atoms with van der Waals surface area (Å²) in [5, 5.41) is 12.9. The van der Waals surface area contributed by atoms with E-state index in [0.717, 1.165) is 22.6 Å². The number of nitrogens with one attached hydrogen (secondary N) is 1. The van der Waals surface area contributed by atoms with Gasteiger partial charge < -0.3 is 15.2 Å². The first kappa shape index (κ1) is 12.3. The van der Waals surface area contributed by atoms with E-state index in [1.54, 1.807) is 13.2 Å². The van der Waals surface area contributed by atoms with Gasteiger partial charge >= 0.3 is 0 Å². The smallest absolute Gasteiger partial charge is 0.120 e. The molecular weight excluding hydrogens is 226 g/mol. The summed E-state index contributed by atoms with van der Waals surface area (Å²) in [4.78, 5) is 0. The standard InChI is InChI=1S/C15H17NO2/c1-11-3-6-13(9-15(11)17)16-10-12-4-7-14(18-2)8-5-12/h3-9,16-17H,10H2,1-2H3. The van der Waals surface area contributed by atoms with Crippen LogP contribution in [0.2, 0.25) is 0 Å².